The van der Waals surface area contributed by atoms with E-state index in [1.165, 1.54) is 6.42 Å². The highest BCUT2D eigenvalue weighted by atomic mass is 32.2. The highest BCUT2D eigenvalue weighted by molar-refractivity contribution is 7.89. The van der Waals surface area contributed by atoms with Gasteiger partial charge in [0.25, 0.3) is 0 Å². The van der Waals surface area contributed by atoms with Gasteiger partial charge in [-0.3, -0.25) is 9.88 Å². The Bertz CT molecular complexity index is 850. The fourth-order valence-electron chi connectivity index (χ4n) is 3.77. The van der Waals surface area contributed by atoms with Crippen molar-refractivity contribution in [2.24, 2.45) is 0 Å². The van der Waals surface area contributed by atoms with Crippen molar-refractivity contribution in [3.63, 3.8) is 0 Å². The number of fused-ring (bicyclic) bond motifs is 2. The first-order valence-corrected chi connectivity index (χ1v) is 9.59. The fraction of sp³-hybridized carbons (Fsp3) is 0.471. The lowest BCUT2D eigenvalue weighted by Crippen LogP contribution is -2.51. The Morgan fingerprint density at radius 1 is 1.22 bits per heavy atom. The van der Waals surface area contributed by atoms with Gasteiger partial charge in [0.15, 0.2) is 0 Å². The lowest BCUT2D eigenvalue weighted by Gasteiger charge is -2.36. The summed E-state index contributed by atoms with van der Waals surface area (Å²) in [6.45, 7) is 5.08. The highest BCUT2D eigenvalue weighted by Gasteiger charge is 2.36. The minimum absolute atomic E-state index is 0.335. The van der Waals surface area contributed by atoms with Crippen LogP contribution in [0.25, 0.3) is 10.9 Å². The monoisotopic (exact) mass is 331 g/mol. The van der Waals surface area contributed by atoms with E-state index >= 15 is 0 Å². The summed E-state index contributed by atoms with van der Waals surface area (Å²) in [6.07, 6.45) is 4.00. The molecule has 0 amide bonds. The second-order valence-electron chi connectivity index (χ2n) is 6.54. The van der Waals surface area contributed by atoms with Crippen molar-refractivity contribution in [3.8, 4) is 0 Å². The van der Waals surface area contributed by atoms with Crippen molar-refractivity contribution >= 4 is 20.9 Å². The summed E-state index contributed by atoms with van der Waals surface area (Å²) in [5.74, 6) is 0. The van der Waals surface area contributed by atoms with Crippen LogP contribution in [0.4, 0.5) is 0 Å². The number of aromatic nitrogens is 1. The molecule has 1 atom stereocenters. The number of nitrogens with zero attached hydrogens (tertiary/aromatic N) is 3. The average Bonchev–Trinajstić information content (AvgIpc) is 3.01. The Balaban J connectivity index is 1.74. The van der Waals surface area contributed by atoms with Gasteiger partial charge in [0.2, 0.25) is 10.0 Å². The molecule has 2 fully saturated rings. The van der Waals surface area contributed by atoms with Crippen molar-refractivity contribution in [1.82, 2.24) is 14.2 Å². The molecule has 122 valence electrons. The van der Waals surface area contributed by atoms with Crippen LogP contribution in [-0.4, -0.2) is 54.8 Å². The minimum atomic E-state index is -3.50. The van der Waals surface area contributed by atoms with Gasteiger partial charge in [0.05, 0.1) is 5.52 Å². The number of pyridine rings is 1. The molecule has 0 saturated carbocycles. The van der Waals surface area contributed by atoms with Crippen LogP contribution in [0.2, 0.25) is 0 Å². The maximum atomic E-state index is 13.1. The van der Waals surface area contributed by atoms with Crippen molar-refractivity contribution in [3.05, 3.63) is 36.0 Å². The first kappa shape index (κ1) is 15.1. The molecule has 0 radical (unpaired) electrons. The van der Waals surface area contributed by atoms with Gasteiger partial charge >= 0.3 is 0 Å². The van der Waals surface area contributed by atoms with E-state index in [0.717, 1.165) is 30.5 Å². The zero-order valence-corrected chi connectivity index (χ0v) is 14.1. The average molecular weight is 331 g/mol. The van der Waals surface area contributed by atoms with Crippen LogP contribution < -0.4 is 0 Å². The topological polar surface area (TPSA) is 53.5 Å². The minimum Gasteiger partial charge on any atom is -0.298 e. The SMILES string of the molecule is Cc1cnc2c(S(=O)(=O)N3CCN4CCC[C@H]4C3)cccc2c1. The molecular weight excluding hydrogens is 310 g/mol. The van der Waals surface area contributed by atoms with Gasteiger partial charge in [-0.15, -0.1) is 0 Å². The molecule has 2 aromatic rings. The molecule has 3 heterocycles. The molecule has 5 nitrogen and oxygen atoms in total. The Labute approximate surface area is 137 Å². The van der Waals surface area contributed by atoms with Gasteiger partial charge < -0.3 is 0 Å². The van der Waals surface area contributed by atoms with Gasteiger partial charge in [-0.05, 0) is 44.0 Å². The first-order valence-electron chi connectivity index (χ1n) is 8.15. The number of benzene rings is 1. The van der Waals surface area contributed by atoms with E-state index in [2.05, 4.69) is 9.88 Å². The van der Waals surface area contributed by atoms with E-state index in [-0.39, 0.29) is 0 Å². The number of hydrogen-bond acceptors (Lipinski definition) is 4. The van der Waals surface area contributed by atoms with Crippen LogP contribution in [0, 0.1) is 6.92 Å². The molecule has 2 aliphatic heterocycles. The van der Waals surface area contributed by atoms with E-state index in [0.29, 0.717) is 29.5 Å². The normalized spacial score (nSPS) is 23.3. The molecule has 0 spiro atoms. The van der Waals surface area contributed by atoms with Crippen molar-refractivity contribution < 1.29 is 8.42 Å². The summed E-state index contributed by atoms with van der Waals surface area (Å²) in [6, 6.07) is 7.77. The number of aryl methyl sites for hydroxylation is 1. The Hall–Kier alpha value is -1.50. The zero-order chi connectivity index (χ0) is 16.0. The Kier molecular flexibility index (Phi) is 3.63. The van der Waals surface area contributed by atoms with Gasteiger partial charge in [0, 0.05) is 37.3 Å². The Morgan fingerprint density at radius 2 is 2.09 bits per heavy atom. The summed E-state index contributed by atoms with van der Waals surface area (Å²) in [7, 11) is -3.50. The zero-order valence-electron chi connectivity index (χ0n) is 13.3. The number of para-hydroxylation sites is 1. The van der Waals surface area contributed by atoms with Crippen molar-refractivity contribution in [1.29, 1.82) is 0 Å². The van der Waals surface area contributed by atoms with Crippen LogP contribution in [0.1, 0.15) is 18.4 Å². The smallest absolute Gasteiger partial charge is 0.245 e. The maximum absolute atomic E-state index is 13.1. The van der Waals surface area contributed by atoms with Gasteiger partial charge in [-0.25, -0.2) is 8.42 Å². The van der Waals surface area contributed by atoms with E-state index < -0.39 is 10.0 Å². The van der Waals surface area contributed by atoms with E-state index in [4.69, 9.17) is 0 Å². The van der Waals surface area contributed by atoms with Crippen LogP contribution >= 0.6 is 0 Å². The molecule has 23 heavy (non-hydrogen) atoms. The van der Waals surface area contributed by atoms with Crippen LogP contribution in [-0.2, 0) is 10.0 Å². The van der Waals surface area contributed by atoms with Gasteiger partial charge in [0.1, 0.15) is 4.90 Å². The van der Waals surface area contributed by atoms with E-state index in [9.17, 15) is 8.42 Å². The number of piperazine rings is 1. The van der Waals surface area contributed by atoms with E-state index in [1.807, 2.05) is 25.1 Å². The number of sulfonamides is 1. The summed E-state index contributed by atoms with van der Waals surface area (Å²) in [5, 5.41) is 0.880. The standard InChI is InChI=1S/C17H21N3O2S/c1-13-10-14-4-2-6-16(17(14)18-11-13)23(21,22)20-9-8-19-7-3-5-15(19)12-20/h2,4,6,10-11,15H,3,5,7-9,12H2,1H3/t15-/m0/s1. The summed E-state index contributed by atoms with van der Waals surface area (Å²) >= 11 is 0. The quantitative estimate of drug-likeness (QED) is 0.845. The summed E-state index contributed by atoms with van der Waals surface area (Å²) < 4.78 is 27.9. The largest absolute Gasteiger partial charge is 0.298 e. The molecule has 0 unspecified atom stereocenters. The predicted octanol–water partition coefficient (Wildman–Crippen LogP) is 2.01. The van der Waals surface area contributed by atoms with Crippen LogP contribution in [0.5, 0.6) is 0 Å². The molecule has 2 saturated heterocycles. The van der Waals surface area contributed by atoms with Gasteiger partial charge in [-0.2, -0.15) is 4.31 Å². The first-order chi connectivity index (χ1) is 11.1. The lowest BCUT2D eigenvalue weighted by molar-refractivity contribution is 0.158. The van der Waals surface area contributed by atoms with Crippen LogP contribution in [0.3, 0.4) is 0 Å². The number of rotatable bonds is 2. The summed E-state index contributed by atoms with van der Waals surface area (Å²) in [5.41, 5.74) is 1.61. The lowest BCUT2D eigenvalue weighted by atomic mass is 10.2. The second-order valence-corrected chi connectivity index (χ2v) is 8.44. The third kappa shape index (κ3) is 2.55. The molecular formula is C17H21N3O2S. The second kappa shape index (κ2) is 5.54. The molecule has 6 heteroatoms. The molecule has 0 N–H and O–H groups in total. The highest BCUT2D eigenvalue weighted by Crippen LogP contribution is 2.29. The third-order valence-corrected chi connectivity index (χ3v) is 6.88. The predicted molar refractivity (Wildman–Crippen MR) is 89.8 cm³/mol. The molecule has 1 aromatic carbocycles. The molecule has 0 aliphatic carbocycles. The molecule has 2 aliphatic rings. The molecule has 1 aromatic heterocycles. The van der Waals surface area contributed by atoms with E-state index in [1.54, 1.807) is 16.6 Å². The molecule has 0 bridgehead atoms. The summed E-state index contributed by atoms with van der Waals surface area (Å²) in [4.78, 5) is 7.14. The number of hydrogen-bond donors (Lipinski definition) is 0. The maximum Gasteiger partial charge on any atom is 0.245 e. The van der Waals surface area contributed by atoms with Crippen LogP contribution in [0.15, 0.2) is 35.4 Å². The van der Waals surface area contributed by atoms with Crippen molar-refractivity contribution in [2.45, 2.75) is 30.7 Å². The van der Waals surface area contributed by atoms with Gasteiger partial charge in [-0.1, -0.05) is 12.1 Å². The Morgan fingerprint density at radius 3 is 2.96 bits per heavy atom. The third-order valence-electron chi connectivity index (χ3n) is 4.98. The molecule has 4 rings (SSSR count). The van der Waals surface area contributed by atoms with Crippen molar-refractivity contribution in [2.75, 3.05) is 26.2 Å². The fourth-order valence-corrected chi connectivity index (χ4v) is 5.40.